The highest BCUT2D eigenvalue weighted by molar-refractivity contribution is 5.99. The molecule has 2 aromatic heterocycles. The summed E-state index contributed by atoms with van der Waals surface area (Å²) in [5, 5.41) is 7.55. The second-order valence-electron chi connectivity index (χ2n) is 9.96. The minimum atomic E-state index is -0.232. The number of rotatable bonds is 9. The molecule has 8 nitrogen and oxygen atoms in total. The van der Waals surface area contributed by atoms with Crippen LogP contribution in [0.3, 0.4) is 0 Å². The Morgan fingerprint density at radius 3 is 2.59 bits per heavy atom. The highest BCUT2D eigenvalue weighted by Gasteiger charge is 2.25. The predicted molar refractivity (Wildman–Crippen MR) is 150 cm³/mol. The van der Waals surface area contributed by atoms with Crippen molar-refractivity contribution in [1.29, 1.82) is 0 Å². The first kappa shape index (κ1) is 26.8. The maximum absolute atomic E-state index is 13.5. The Morgan fingerprint density at radius 1 is 1.22 bits per heavy atom. The average molecular weight is 505 g/mol. The maximum Gasteiger partial charge on any atom is 0.263 e. The monoisotopic (exact) mass is 504 g/mol. The number of hydrogen-bond acceptors (Lipinski definition) is 7. The lowest BCUT2D eigenvalue weighted by Crippen LogP contribution is -2.42. The van der Waals surface area contributed by atoms with Gasteiger partial charge in [0.15, 0.2) is 5.78 Å². The van der Waals surface area contributed by atoms with Gasteiger partial charge in [-0.3, -0.25) is 14.2 Å². The number of nitrogens with one attached hydrogen (secondary N) is 2. The van der Waals surface area contributed by atoms with Crippen LogP contribution in [0.25, 0.3) is 11.0 Å². The number of piperazine rings is 1. The lowest BCUT2D eigenvalue weighted by Gasteiger charge is -2.30. The number of Topliss-reactive ketones (excluding diaryl/α,β-unsaturated/α-hetero) is 1. The quantitative estimate of drug-likeness (QED) is 0.371. The Bertz CT molecular complexity index is 1280. The fourth-order valence-electron chi connectivity index (χ4n) is 5.38. The summed E-state index contributed by atoms with van der Waals surface area (Å²) in [5.41, 5.74) is 3.39. The van der Waals surface area contributed by atoms with E-state index in [4.69, 9.17) is 4.98 Å². The van der Waals surface area contributed by atoms with E-state index in [0.717, 1.165) is 75.8 Å². The molecule has 0 bridgehead atoms. The Balaban J connectivity index is 1.71. The fraction of sp³-hybridized carbons (Fsp3) is 0.517. The van der Waals surface area contributed by atoms with Crippen molar-refractivity contribution in [2.75, 3.05) is 31.5 Å². The molecule has 0 amide bonds. The van der Waals surface area contributed by atoms with E-state index >= 15 is 0 Å². The summed E-state index contributed by atoms with van der Waals surface area (Å²) in [6.45, 7) is 11.4. The zero-order valence-corrected chi connectivity index (χ0v) is 22.6. The molecular formula is C29H40N6O2. The molecule has 2 N–H and O–H groups in total. The lowest BCUT2D eigenvalue weighted by atomic mass is 10.0. The number of hydrogen-bond donors (Lipinski definition) is 2. The molecule has 198 valence electrons. The van der Waals surface area contributed by atoms with E-state index in [-0.39, 0.29) is 22.9 Å². The summed E-state index contributed by atoms with van der Waals surface area (Å²) in [7, 11) is 0. The third kappa shape index (κ3) is 6.01. The van der Waals surface area contributed by atoms with Crippen LogP contribution in [0.2, 0.25) is 0 Å². The van der Waals surface area contributed by atoms with Gasteiger partial charge in [-0.25, -0.2) is 4.98 Å². The standard InChI is InChI=1S/C29H40N6O2/c1-5-7-10-22(13-14-23(6-2)34-17-15-30-16-18-34)32-29-31-19-25-20(3)26(21(4)36)28(37)35(27(25)33-29)24-11-8-9-12-24/h6,10,13-14,19,24,30H,5,7-9,11-12,15-18H2,1-4H3,(H,31,32,33)/b14-13-,22-10-,23-6+. The predicted octanol–water partition coefficient (Wildman–Crippen LogP) is 4.88. The normalized spacial score (nSPS) is 17.8. The molecule has 0 unspecified atom stereocenters. The molecule has 2 aliphatic rings. The van der Waals surface area contributed by atoms with E-state index in [1.165, 1.54) is 12.6 Å². The van der Waals surface area contributed by atoms with Crippen molar-refractivity contribution < 1.29 is 4.79 Å². The van der Waals surface area contributed by atoms with Crippen molar-refractivity contribution in [3.8, 4) is 0 Å². The van der Waals surface area contributed by atoms with Crippen molar-refractivity contribution in [3.05, 3.63) is 63.4 Å². The Morgan fingerprint density at radius 2 is 1.95 bits per heavy atom. The van der Waals surface area contributed by atoms with Crippen LogP contribution in [0.1, 0.15) is 81.3 Å². The van der Waals surface area contributed by atoms with Gasteiger partial charge < -0.3 is 15.5 Å². The van der Waals surface area contributed by atoms with E-state index in [1.807, 2.05) is 6.92 Å². The molecule has 0 aromatic carbocycles. The Labute approximate surface area is 219 Å². The first-order valence-corrected chi connectivity index (χ1v) is 13.6. The summed E-state index contributed by atoms with van der Waals surface area (Å²) in [5.74, 6) is 0.238. The van der Waals surface area contributed by atoms with Gasteiger partial charge >= 0.3 is 0 Å². The van der Waals surface area contributed by atoms with E-state index in [0.29, 0.717) is 17.2 Å². The van der Waals surface area contributed by atoms with Gasteiger partial charge in [-0.2, -0.15) is 4.98 Å². The summed E-state index contributed by atoms with van der Waals surface area (Å²) in [6, 6.07) is 0.0581. The Hall–Kier alpha value is -3.26. The minimum Gasteiger partial charge on any atom is -0.369 e. The molecule has 0 radical (unpaired) electrons. The third-order valence-corrected chi connectivity index (χ3v) is 7.37. The van der Waals surface area contributed by atoms with Crippen LogP contribution in [0.15, 0.2) is 46.7 Å². The van der Waals surface area contributed by atoms with Crippen LogP contribution in [-0.4, -0.2) is 51.4 Å². The van der Waals surface area contributed by atoms with Crippen LogP contribution in [0.4, 0.5) is 5.95 Å². The molecule has 0 spiro atoms. The zero-order chi connectivity index (χ0) is 26.4. The number of pyridine rings is 1. The molecule has 3 heterocycles. The molecule has 1 aliphatic heterocycles. The average Bonchev–Trinajstić information content (AvgIpc) is 3.42. The summed E-state index contributed by atoms with van der Waals surface area (Å²) in [4.78, 5) is 37.7. The van der Waals surface area contributed by atoms with E-state index < -0.39 is 0 Å². The smallest absolute Gasteiger partial charge is 0.263 e. The van der Waals surface area contributed by atoms with Crippen molar-refractivity contribution in [1.82, 2.24) is 24.8 Å². The number of fused-ring (bicyclic) bond motifs is 1. The number of carbonyl (C=O) groups is 1. The summed E-state index contributed by atoms with van der Waals surface area (Å²) in [6.07, 6.45) is 16.2. The highest BCUT2D eigenvalue weighted by atomic mass is 16.1. The van der Waals surface area contributed by atoms with Gasteiger partial charge in [0.2, 0.25) is 5.95 Å². The van der Waals surface area contributed by atoms with Crippen LogP contribution < -0.4 is 16.2 Å². The molecular weight excluding hydrogens is 464 g/mol. The Kier molecular flexibility index (Phi) is 8.92. The summed E-state index contributed by atoms with van der Waals surface area (Å²) >= 11 is 0. The summed E-state index contributed by atoms with van der Waals surface area (Å²) < 4.78 is 1.76. The molecule has 1 saturated heterocycles. The van der Waals surface area contributed by atoms with Crippen LogP contribution >= 0.6 is 0 Å². The topological polar surface area (TPSA) is 92.1 Å². The largest absolute Gasteiger partial charge is 0.369 e. The number of allylic oxidation sites excluding steroid dienone is 4. The molecule has 8 heteroatoms. The van der Waals surface area contributed by atoms with Gasteiger partial charge in [0, 0.05) is 55.2 Å². The van der Waals surface area contributed by atoms with Crippen LogP contribution in [0, 0.1) is 6.92 Å². The van der Waals surface area contributed by atoms with E-state index in [2.05, 4.69) is 58.7 Å². The number of aromatic nitrogens is 3. The fourth-order valence-corrected chi connectivity index (χ4v) is 5.38. The molecule has 2 fully saturated rings. The molecule has 2 aromatic rings. The van der Waals surface area contributed by atoms with Gasteiger partial charge in [-0.05, 0) is 57.7 Å². The molecule has 4 rings (SSSR count). The highest BCUT2D eigenvalue weighted by Crippen LogP contribution is 2.32. The van der Waals surface area contributed by atoms with Crippen LogP contribution in [-0.2, 0) is 0 Å². The first-order valence-electron chi connectivity index (χ1n) is 13.6. The molecule has 1 aliphatic carbocycles. The second-order valence-corrected chi connectivity index (χ2v) is 9.96. The number of nitrogens with zero attached hydrogens (tertiary/aromatic N) is 4. The van der Waals surface area contributed by atoms with Gasteiger partial charge in [0.05, 0.1) is 5.56 Å². The first-order chi connectivity index (χ1) is 17.9. The van der Waals surface area contributed by atoms with Crippen molar-refractivity contribution in [2.24, 2.45) is 0 Å². The number of ketones is 1. The van der Waals surface area contributed by atoms with E-state index in [1.54, 1.807) is 10.8 Å². The molecule has 37 heavy (non-hydrogen) atoms. The zero-order valence-electron chi connectivity index (χ0n) is 22.6. The van der Waals surface area contributed by atoms with Crippen molar-refractivity contribution in [3.63, 3.8) is 0 Å². The maximum atomic E-state index is 13.5. The number of unbranched alkanes of at least 4 members (excludes halogenated alkanes) is 1. The molecule has 0 atom stereocenters. The third-order valence-electron chi connectivity index (χ3n) is 7.37. The van der Waals surface area contributed by atoms with E-state index in [9.17, 15) is 9.59 Å². The van der Waals surface area contributed by atoms with Gasteiger partial charge in [0.25, 0.3) is 5.56 Å². The van der Waals surface area contributed by atoms with Crippen molar-refractivity contribution >= 4 is 22.8 Å². The van der Waals surface area contributed by atoms with Gasteiger partial charge in [-0.1, -0.05) is 38.3 Å². The lowest BCUT2D eigenvalue weighted by molar-refractivity contribution is 0.101. The SMILES string of the molecule is C\C=C(/C=C\C(=C\CCC)Nc1ncc2c(C)c(C(C)=O)c(=O)n(C3CCCC3)c2n1)N1CCNCC1. The molecule has 1 saturated carbocycles. The number of carbonyl (C=O) groups excluding carboxylic acids is 1. The van der Waals surface area contributed by atoms with Crippen molar-refractivity contribution in [2.45, 2.75) is 72.3 Å². The number of anilines is 1. The van der Waals surface area contributed by atoms with Gasteiger partial charge in [0.1, 0.15) is 5.65 Å². The second kappa shape index (κ2) is 12.3. The minimum absolute atomic E-state index is 0.0581. The van der Waals surface area contributed by atoms with Gasteiger partial charge in [-0.15, -0.1) is 0 Å². The number of aryl methyl sites for hydroxylation is 1. The van der Waals surface area contributed by atoms with Crippen LogP contribution in [0.5, 0.6) is 0 Å².